The second kappa shape index (κ2) is 6.42. The molecule has 4 heterocycles. The van der Waals surface area contributed by atoms with Crippen LogP contribution in [-0.4, -0.2) is 35.2 Å². The number of anilines is 2. The highest BCUT2D eigenvalue weighted by atomic mass is 35.5. The van der Waals surface area contributed by atoms with Crippen molar-refractivity contribution >= 4 is 40.7 Å². The Kier molecular flexibility index (Phi) is 4.00. The molecule has 4 aliphatic rings. The van der Waals surface area contributed by atoms with Crippen LogP contribution in [0.4, 0.5) is 11.4 Å². The van der Waals surface area contributed by atoms with E-state index in [9.17, 15) is 14.4 Å². The summed E-state index contributed by atoms with van der Waals surface area (Å²) in [5, 5.41) is 3.59. The molecule has 4 aliphatic heterocycles. The van der Waals surface area contributed by atoms with Crippen LogP contribution in [0.3, 0.4) is 0 Å². The molecular weight excluding hydrogens is 426 g/mol. The molecule has 0 radical (unpaired) electrons. The first-order chi connectivity index (χ1) is 15.3. The Morgan fingerprint density at radius 3 is 2.56 bits per heavy atom. The Morgan fingerprint density at radius 2 is 1.81 bits per heavy atom. The lowest BCUT2D eigenvalue weighted by atomic mass is 9.75. The molecule has 2 aromatic rings. The number of nitrogens with zero attached hydrogens (tertiary/aromatic N) is 2. The van der Waals surface area contributed by atoms with E-state index < -0.39 is 17.4 Å². The Hall–Kier alpha value is -2.70. The van der Waals surface area contributed by atoms with Crippen LogP contribution in [-0.2, 0) is 19.9 Å². The van der Waals surface area contributed by atoms with Gasteiger partial charge in [-0.25, -0.2) is 4.90 Å². The second-order valence-electron chi connectivity index (χ2n) is 9.50. The molecule has 0 saturated carbocycles. The third kappa shape index (κ3) is 2.17. The molecule has 3 fully saturated rings. The van der Waals surface area contributed by atoms with E-state index in [4.69, 9.17) is 11.6 Å². The van der Waals surface area contributed by atoms with E-state index in [1.807, 2.05) is 45.0 Å². The number of nitrogens with one attached hydrogen (secondary N) is 1. The predicted molar refractivity (Wildman–Crippen MR) is 122 cm³/mol. The van der Waals surface area contributed by atoms with E-state index in [0.29, 0.717) is 22.9 Å². The molecule has 0 bridgehead atoms. The number of rotatable bonds is 1. The average Bonchev–Trinajstić information content (AvgIpc) is 3.46. The number of carbonyl (C=O) groups excluding carboxylic acids is 3. The number of hydrogen-bond donors (Lipinski definition) is 1. The third-order valence-electron chi connectivity index (χ3n) is 8.11. The number of halogens is 1. The van der Waals surface area contributed by atoms with E-state index in [0.717, 1.165) is 35.1 Å². The molecule has 0 aromatic heterocycles. The topological polar surface area (TPSA) is 69.7 Å². The van der Waals surface area contributed by atoms with Crippen LogP contribution in [0.2, 0.25) is 5.02 Å². The molecule has 3 amide bonds. The van der Waals surface area contributed by atoms with E-state index in [1.165, 1.54) is 4.90 Å². The molecule has 3 saturated heterocycles. The summed E-state index contributed by atoms with van der Waals surface area (Å²) in [4.78, 5) is 44.9. The fourth-order valence-corrected chi connectivity index (χ4v) is 6.67. The van der Waals surface area contributed by atoms with Crippen LogP contribution in [0.1, 0.15) is 35.1 Å². The van der Waals surface area contributed by atoms with Crippen LogP contribution < -0.4 is 10.2 Å². The highest BCUT2D eigenvalue weighted by Gasteiger charge is 2.74. The maximum atomic E-state index is 14.0. The van der Waals surface area contributed by atoms with Gasteiger partial charge in [0.25, 0.3) is 0 Å². The molecule has 0 aliphatic carbocycles. The summed E-state index contributed by atoms with van der Waals surface area (Å²) in [6.45, 7) is 6.53. The molecule has 4 atom stereocenters. The molecule has 0 unspecified atom stereocenters. The number of carbonyl (C=O) groups is 3. The lowest BCUT2D eigenvalue weighted by Gasteiger charge is -2.36. The molecule has 2 aromatic carbocycles. The van der Waals surface area contributed by atoms with Gasteiger partial charge in [-0.1, -0.05) is 23.7 Å². The van der Waals surface area contributed by atoms with Crippen LogP contribution in [0, 0.1) is 32.6 Å². The number of hydrogen-bond acceptors (Lipinski definition) is 4. The van der Waals surface area contributed by atoms with Crippen molar-refractivity contribution in [1.29, 1.82) is 0 Å². The maximum Gasteiger partial charge on any atom is 0.250 e. The summed E-state index contributed by atoms with van der Waals surface area (Å²) in [7, 11) is 0. The van der Waals surface area contributed by atoms with Gasteiger partial charge in [-0.05, 0) is 75.0 Å². The zero-order chi connectivity index (χ0) is 22.5. The van der Waals surface area contributed by atoms with Crippen molar-refractivity contribution in [2.75, 3.05) is 16.8 Å². The van der Waals surface area contributed by atoms with Crippen LogP contribution in [0.5, 0.6) is 0 Å². The zero-order valence-corrected chi connectivity index (χ0v) is 19.0. The van der Waals surface area contributed by atoms with Gasteiger partial charge in [0.2, 0.25) is 17.7 Å². The normalized spacial score (nSPS) is 30.8. The summed E-state index contributed by atoms with van der Waals surface area (Å²) in [5.41, 5.74) is 3.78. The number of benzene rings is 2. The number of fused-ring (bicyclic) bond motifs is 7. The average molecular weight is 450 g/mol. The second-order valence-corrected chi connectivity index (χ2v) is 9.91. The van der Waals surface area contributed by atoms with Crippen molar-refractivity contribution in [3.63, 3.8) is 0 Å². The standard InChI is InChI=1S/C25H24ClN3O3/c1-12-6-7-15(11-13(12)2)29-22(30)19-18-5-4-10-28(18)25(20(19)23(29)31)16-8-9-17(26)14(3)21(16)27-24(25)32/h6-9,11,18-20H,4-5,10H2,1-3H3,(H,27,32)/t18-,19+,20-,25-/m0/s1. The first kappa shape index (κ1) is 19.9. The van der Waals surface area contributed by atoms with Gasteiger partial charge in [-0.2, -0.15) is 0 Å². The molecule has 7 heteroatoms. The van der Waals surface area contributed by atoms with Gasteiger partial charge in [0.1, 0.15) is 5.54 Å². The Bertz CT molecular complexity index is 1240. The van der Waals surface area contributed by atoms with E-state index >= 15 is 0 Å². The largest absolute Gasteiger partial charge is 0.324 e. The molecule has 164 valence electrons. The van der Waals surface area contributed by atoms with Crippen molar-refractivity contribution in [3.05, 3.63) is 57.6 Å². The zero-order valence-electron chi connectivity index (χ0n) is 18.2. The Balaban J connectivity index is 1.56. The highest BCUT2D eigenvalue weighted by Crippen LogP contribution is 2.61. The van der Waals surface area contributed by atoms with Gasteiger partial charge in [-0.3, -0.25) is 19.3 Å². The van der Waals surface area contributed by atoms with Gasteiger partial charge < -0.3 is 5.32 Å². The van der Waals surface area contributed by atoms with Gasteiger partial charge in [0.15, 0.2) is 0 Å². The smallest absolute Gasteiger partial charge is 0.250 e. The van der Waals surface area contributed by atoms with Crippen molar-refractivity contribution in [2.45, 2.75) is 45.2 Å². The summed E-state index contributed by atoms with van der Waals surface area (Å²) < 4.78 is 0. The number of aryl methyl sites for hydroxylation is 2. The Morgan fingerprint density at radius 1 is 1.03 bits per heavy atom. The van der Waals surface area contributed by atoms with E-state index in [1.54, 1.807) is 6.07 Å². The SMILES string of the molecule is Cc1ccc(N2C(=O)[C@H]3[C@@H](C2=O)[C@@]2(C(=O)Nc4c2ccc(Cl)c4C)N2CCC[C@@H]32)cc1C. The minimum Gasteiger partial charge on any atom is -0.324 e. The van der Waals surface area contributed by atoms with Gasteiger partial charge in [0.05, 0.1) is 23.2 Å². The quantitative estimate of drug-likeness (QED) is 0.674. The monoisotopic (exact) mass is 449 g/mol. The molecule has 32 heavy (non-hydrogen) atoms. The van der Waals surface area contributed by atoms with Gasteiger partial charge in [-0.15, -0.1) is 0 Å². The fraction of sp³-hybridized carbons (Fsp3) is 0.400. The summed E-state index contributed by atoms with van der Waals surface area (Å²) in [6, 6.07) is 9.17. The summed E-state index contributed by atoms with van der Waals surface area (Å²) >= 11 is 6.35. The first-order valence-corrected chi connectivity index (χ1v) is 11.5. The van der Waals surface area contributed by atoms with Crippen LogP contribution in [0.15, 0.2) is 30.3 Å². The van der Waals surface area contributed by atoms with Crippen LogP contribution >= 0.6 is 11.6 Å². The lowest BCUT2D eigenvalue weighted by molar-refractivity contribution is -0.135. The van der Waals surface area contributed by atoms with Gasteiger partial charge >= 0.3 is 0 Å². The third-order valence-corrected chi connectivity index (χ3v) is 8.52. The lowest BCUT2D eigenvalue weighted by Crippen LogP contribution is -2.54. The maximum absolute atomic E-state index is 14.0. The van der Waals surface area contributed by atoms with Gasteiger partial charge in [0, 0.05) is 16.6 Å². The summed E-state index contributed by atoms with van der Waals surface area (Å²) in [5.74, 6) is -1.97. The minimum atomic E-state index is -1.17. The van der Waals surface area contributed by atoms with Crippen molar-refractivity contribution in [3.8, 4) is 0 Å². The fourth-order valence-electron chi connectivity index (χ4n) is 6.51. The number of amides is 3. The number of imide groups is 1. The minimum absolute atomic E-state index is 0.124. The molecule has 6 nitrogen and oxygen atoms in total. The molecular formula is C25H24ClN3O3. The molecule has 1 N–H and O–H groups in total. The van der Waals surface area contributed by atoms with E-state index in [2.05, 4.69) is 10.2 Å². The van der Waals surface area contributed by atoms with Crippen molar-refractivity contribution in [1.82, 2.24) is 4.90 Å². The predicted octanol–water partition coefficient (Wildman–Crippen LogP) is 3.70. The van der Waals surface area contributed by atoms with E-state index in [-0.39, 0.29) is 23.8 Å². The Labute approximate surface area is 191 Å². The summed E-state index contributed by atoms with van der Waals surface area (Å²) in [6.07, 6.45) is 1.70. The molecule has 1 spiro atoms. The van der Waals surface area contributed by atoms with Crippen molar-refractivity contribution in [2.24, 2.45) is 11.8 Å². The molecule has 6 rings (SSSR count). The van der Waals surface area contributed by atoms with Crippen LogP contribution in [0.25, 0.3) is 0 Å². The first-order valence-electron chi connectivity index (χ1n) is 11.1. The van der Waals surface area contributed by atoms with Crippen molar-refractivity contribution < 1.29 is 14.4 Å². The highest BCUT2D eigenvalue weighted by molar-refractivity contribution is 6.32.